The highest BCUT2D eigenvalue weighted by Crippen LogP contribution is 2.30. The number of hydrogen-bond donors (Lipinski definition) is 3. The number of aliphatic hydroxyl groups excluding tert-OH is 2. The number of nitrogen functional groups attached to an aromatic ring is 1. The molecular formula is C19H23NO6S. The van der Waals surface area contributed by atoms with Gasteiger partial charge in [-0.05, 0) is 29.3 Å². The molecule has 0 fully saturated rings. The van der Waals surface area contributed by atoms with Crippen molar-refractivity contribution in [1.82, 2.24) is 0 Å². The fourth-order valence-corrected chi connectivity index (χ4v) is 3.68. The van der Waals surface area contributed by atoms with Gasteiger partial charge in [-0.15, -0.1) is 0 Å². The van der Waals surface area contributed by atoms with Crippen LogP contribution in [-0.4, -0.2) is 32.9 Å². The standard InChI is InChI=1S/C19H23NO6S/c1-25-16-8-15(11-22)17(19(9-16)26-2)5-6-27(23,24)12-13-3-4-14(10-21)18(20)7-13/h3-9,21-22H,10-12,20H2,1-2H3/b6-5+. The van der Waals surface area contributed by atoms with E-state index in [-0.39, 0.29) is 19.0 Å². The molecule has 0 heterocycles. The molecule has 7 nitrogen and oxygen atoms in total. The quantitative estimate of drug-likeness (QED) is 0.586. The first-order chi connectivity index (χ1) is 12.8. The second kappa shape index (κ2) is 8.90. The SMILES string of the molecule is COc1cc(CO)c(/C=C/S(=O)(=O)Cc2ccc(CO)c(N)c2)c(OC)c1. The summed E-state index contributed by atoms with van der Waals surface area (Å²) in [5.41, 5.74) is 8.13. The molecule has 2 aromatic carbocycles. The summed E-state index contributed by atoms with van der Waals surface area (Å²) in [6.07, 6.45) is 1.39. The first-order valence-electron chi connectivity index (χ1n) is 8.08. The minimum atomic E-state index is -3.60. The minimum Gasteiger partial charge on any atom is -0.497 e. The van der Waals surface area contributed by atoms with Gasteiger partial charge >= 0.3 is 0 Å². The van der Waals surface area contributed by atoms with Gasteiger partial charge in [0.15, 0.2) is 9.84 Å². The summed E-state index contributed by atoms with van der Waals surface area (Å²) in [7, 11) is -0.660. The van der Waals surface area contributed by atoms with Gasteiger partial charge in [-0.1, -0.05) is 12.1 Å². The van der Waals surface area contributed by atoms with Crippen molar-refractivity contribution in [3.8, 4) is 11.5 Å². The average molecular weight is 393 g/mol. The van der Waals surface area contributed by atoms with Crippen LogP contribution in [0.4, 0.5) is 5.69 Å². The maximum Gasteiger partial charge on any atom is 0.175 e. The van der Waals surface area contributed by atoms with Gasteiger partial charge < -0.3 is 25.4 Å². The molecule has 2 aromatic rings. The number of benzene rings is 2. The molecule has 0 atom stereocenters. The minimum absolute atomic E-state index is 0.208. The van der Waals surface area contributed by atoms with Crippen molar-refractivity contribution in [2.24, 2.45) is 0 Å². The number of rotatable bonds is 8. The fraction of sp³-hybridized carbons (Fsp3) is 0.263. The van der Waals surface area contributed by atoms with E-state index in [1.54, 1.807) is 24.3 Å². The zero-order chi connectivity index (χ0) is 20.0. The predicted octanol–water partition coefficient (Wildman–Crippen LogP) is 1.86. The smallest absolute Gasteiger partial charge is 0.175 e. The number of anilines is 1. The van der Waals surface area contributed by atoms with Crippen LogP contribution < -0.4 is 15.2 Å². The third kappa shape index (κ3) is 5.22. The molecule has 0 spiro atoms. The van der Waals surface area contributed by atoms with Gasteiger partial charge in [0.1, 0.15) is 11.5 Å². The predicted molar refractivity (Wildman–Crippen MR) is 104 cm³/mol. The Bertz CT molecular complexity index is 912. The van der Waals surface area contributed by atoms with Crippen LogP contribution in [-0.2, 0) is 28.8 Å². The Morgan fingerprint density at radius 3 is 2.30 bits per heavy atom. The van der Waals surface area contributed by atoms with Gasteiger partial charge in [-0.25, -0.2) is 8.42 Å². The molecule has 0 radical (unpaired) electrons. The monoisotopic (exact) mass is 393 g/mol. The molecule has 0 unspecified atom stereocenters. The molecule has 146 valence electrons. The largest absolute Gasteiger partial charge is 0.497 e. The summed E-state index contributed by atoms with van der Waals surface area (Å²) >= 11 is 0. The van der Waals surface area contributed by atoms with Crippen molar-refractivity contribution >= 4 is 21.6 Å². The average Bonchev–Trinajstić information content (AvgIpc) is 2.65. The third-order valence-electron chi connectivity index (χ3n) is 4.02. The Kier molecular flexibility index (Phi) is 6.84. The highest BCUT2D eigenvalue weighted by molar-refractivity contribution is 7.93. The van der Waals surface area contributed by atoms with Crippen molar-refractivity contribution in [3.63, 3.8) is 0 Å². The summed E-state index contributed by atoms with van der Waals surface area (Å²) in [6.45, 7) is -0.508. The van der Waals surface area contributed by atoms with E-state index >= 15 is 0 Å². The highest BCUT2D eigenvalue weighted by atomic mass is 32.2. The molecule has 0 aliphatic carbocycles. The van der Waals surface area contributed by atoms with E-state index in [4.69, 9.17) is 20.3 Å². The number of ether oxygens (including phenoxy) is 2. The van der Waals surface area contributed by atoms with Gasteiger partial charge in [0, 0.05) is 28.3 Å². The van der Waals surface area contributed by atoms with E-state index in [1.165, 1.54) is 26.4 Å². The summed E-state index contributed by atoms with van der Waals surface area (Å²) in [4.78, 5) is 0. The molecule has 0 aliphatic rings. The number of sulfone groups is 1. The summed E-state index contributed by atoms with van der Waals surface area (Å²) in [5, 5.41) is 19.8. The van der Waals surface area contributed by atoms with Crippen LogP contribution in [0, 0.1) is 0 Å². The van der Waals surface area contributed by atoms with E-state index < -0.39 is 9.84 Å². The molecule has 4 N–H and O–H groups in total. The Balaban J connectivity index is 2.32. The van der Waals surface area contributed by atoms with Crippen molar-refractivity contribution in [2.75, 3.05) is 20.0 Å². The van der Waals surface area contributed by atoms with E-state index in [0.717, 1.165) is 5.41 Å². The Morgan fingerprint density at radius 1 is 1.04 bits per heavy atom. The van der Waals surface area contributed by atoms with E-state index in [0.29, 0.717) is 39.4 Å². The molecule has 2 rings (SSSR count). The second-order valence-corrected chi connectivity index (χ2v) is 7.75. The molecule has 0 aromatic heterocycles. The maximum absolute atomic E-state index is 12.5. The van der Waals surface area contributed by atoms with Crippen molar-refractivity contribution < 1.29 is 28.1 Å². The zero-order valence-corrected chi connectivity index (χ0v) is 16.0. The van der Waals surface area contributed by atoms with Crippen LogP contribution in [0.5, 0.6) is 11.5 Å². The molecule has 27 heavy (non-hydrogen) atoms. The first kappa shape index (κ1) is 20.8. The van der Waals surface area contributed by atoms with Gasteiger partial charge in [-0.3, -0.25) is 0 Å². The van der Waals surface area contributed by atoms with Crippen LogP contribution in [0.2, 0.25) is 0 Å². The van der Waals surface area contributed by atoms with Gasteiger partial charge in [0.2, 0.25) is 0 Å². The van der Waals surface area contributed by atoms with Crippen molar-refractivity contribution in [3.05, 3.63) is 58.0 Å². The van der Waals surface area contributed by atoms with Crippen LogP contribution in [0.25, 0.3) is 6.08 Å². The van der Waals surface area contributed by atoms with Crippen LogP contribution in [0.1, 0.15) is 22.3 Å². The van der Waals surface area contributed by atoms with Gasteiger partial charge in [0.05, 0.1) is 33.2 Å². The Hall–Kier alpha value is -2.55. The van der Waals surface area contributed by atoms with Crippen molar-refractivity contribution in [1.29, 1.82) is 0 Å². The zero-order valence-electron chi connectivity index (χ0n) is 15.2. The lowest BCUT2D eigenvalue weighted by Gasteiger charge is -2.12. The number of nitrogens with two attached hydrogens (primary N) is 1. The molecule has 0 aliphatic heterocycles. The van der Waals surface area contributed by atoms with Crippen LogP contribution in [0.15, 0.2) is 35.7 Å². The fourth-order valence-electron chi connectivity index (χ4n) is 2.59. The van der Waals surface area contributed by atoms with Gasteiger partial charge in [-0.2, -0.15) is 0 Å². The molecule has 0 saturated carbocycles. The summed E-state index contributed by atoms with van der Waals surface area (Å²) < 4.78 is 35.3. The van der Waals surface area contributed by atoms with Crippen LogP contribution in [0.3, 0.4) is 0 Å². The second-order valence-electron chi connectivity index (χ2n) is 5.86. The summed E-state index contributed by atoms with van der Waals surface area (Å²) in [5.74, 6) is 0.642. The van der Waals surface area contributed by atoms with E-state index in [1.807, 2.05) is 0 Å². The van der Waals surface area contributed by atoms with E-state index in [9.17, 15) is 13.5 Å². The molecular weight excluding hydrogens is 370 g/mol. The third-order valence-corrected chi connectivity index (χ3v) is 5.30. The molecule has 0 amide bonds. The Morgan fingerprint density at radius 2 is 1.74 bits per heavy atom. The highest BCUT2D eigenvalue weighted by Gasteiger charge is 2.13. The molecule has 8 heteroatoms. The topological polar surface area (TPSA) is 119 Å². The molecule has 0 saturated heterocycles. The van der Waals surface area contributed by atoms with Gasteiger partial charge in [0.25, 0.3) is 0 Å². The normalized spacial score (nSPS) is 11.7. The molecule has 0 bridgehead atoms. The summed E-state index contributed by atoms with van der Waals surface area (Å²) in [6, 6.07) is 7.97. The number of methoxy groups -OCH3 is 2. The lowest BCUT2D eigenvalue weighted by atomic mass is 10.1. The Labute approximate surface area is 158 Å². The lowest BCUT2D eigenvalue weighted by Crippen LogP contribution is -2.03. The first-order valence-corrected chi connectivity index (χ1v) is 9.79. The maximum atomic E-state index is 12.5. The lowest BCUT2D eigenvalue weighted by molar-refractivity contribution is 0.279. The van der Waals surface area contributed by atoms with E-state index in [2.05, 4.69) is 0 Å². The number of aliphatic hydroxyl groups is 2. The van der Waals surface area contributed by atoms with Crippen molar-refractivity contribution in [2.45, 2.75) is 19.0 Å². The van der Waals surface area contributed by atoms with Crippen LogP contribution >= 0.6 is 0 Å². The number of hydrogen-bond acceptors (Lipinski definition) is 7.